The molecule has 0 bridgehead atoms. The molecule has 2 aliphatic rings. The van der Waals surface area contributed by atoms with Gasteiger partial charge in [0.1, 0.15) is 22.9 Å². The lowest BCUT2D eigenvalue weighted by Crippen LogP contribution is -2.50. The minimum Gasteiger partial charge on any atom is -0.497 e. The van der Waals surface area contributed by atoms with Crippen molar-refractivity contribution in [1.29, 1.82) is 0 Å². The van der Waals surface area contributed by atoms with E-state index < -0.39 is 26.6 Å². The van der Waals surface area contributed by atoms with Gasteiger partial charge in [0.2, 0.25) is 10.0 Å². The van der Waals surface area contributed by atoms with Gasteiger partial charge in [-0.15, -0.1) is 0 Å². The van der Waals surface area contributed by atoms with E-state index in [4.69, 9.17) is 19.3 Å². The summed E-state index contributed by atoms with van der Waals surface area (Å²) in [4.78, 5) is 25.9. The second kappa shape index (κ2) is 13.4. The predicted molar refractivity (Wildman–Crippen MR) is 172 cm³/mol. The molecule has 1 fully saturated rings. The van der Waals surface area contributed by atoms with Crippen LogP contribution in [-0.2, 0) is 14.8 Å². The minimum absolute atomic E-state index is 0.147. The number of sulfonamides is 1. The molecule has 6 rings (SSSR count). The number of fused-ring (bicyclic) bond motifs is 1. The standard InChI is InChI=1S/C32H34N6O8S/c1-3-45-32(39)31-30-29(34-37(31)22-11-13-23(14-12-22)46-25-8-6-7-24(21-25)44-2)27(15-16-33-30)35-17-19-36(20-18-35)47(42,43)28-10-5-4-9-26(28)38(40)41/h4-14,21,27,33H,3,15-20H2,1-2H3/t27-/m1/s1. The largest absolute Gasteiger partial charge is 0.497 e. The third-order valence-electron chi connectivity index (χ3n) is 8.17. The molecule has 47 heavy (non-hydrogen) atoms. The highest BCUT2D eigenvalue weighted by Gasteiger charge is 2.39. The fourth-order valence-electron chi connectivity index (χ4n) is 5.92. The molecule has 0 amide bonds. The summed E-state index contributed by atoms with van der Waals surface area (Å²) in [7, 11) is -2.49. The van der Waals surface area contributed by atoms with Crippen molar-refractivity contribution < 1.29 is 32.3 Å². The van der Waals surface area contributed by atoms with E-state index >= 15 is 0 Å². The molecule has 3 heterocycles. The number of hydrogen-bond acceptors (Lipinski definition) is 11. The number of carbonyl (C=O) groups is 1. The van der Waals surface area contributed by atoms with E-state index in [2.05, 4.69) is 10.2 Å². The van der Waals surface area contributed by atoms with E-state index in [0.717, 1.165) is 0 Å². The molecule has 1 saturated heterocycles. The Kier molecular flexibility index (Phi) is 9.11. The maximum Gasteiger partial charge on any atom is 0.359 e. The summed E-state index contributed by atoms with van der Waals surface area (Å²) in [6, 6.07) is 19.6. The molecule has 1 atom stereocenters. The van der Waals surface area contributed by atoms with Gasteiger partial charge >= 0.3 is 5.97 Å². The van der Waals surface area contributed by atoms with Crippen LogP contribution in [0.5, 0.6) is 17.2 Å². The van der Waals surface area contributed by atoms with Crippen molar-refractivity contribution >= 4 is 27.4 Å². The Labute approximate surface area is 271 Å². The van der Waals surface area contributed by atoms with E-state index in [-0.39, 0.29) is 36.3 Å². The molecular formula is C32H34N6O8S. The first-order valence-corrected chi connectivity index (χ1v) is 16.6. The summed E-state index contributed by atoms with van der Waals surface area (Å²) in [5.41, 5.74) is 1.68. The number of carbonyl (C=O) groups excluding carboxylic acids is 1. The molecule has 0 aliphatic carbocycles. The first kappa shape index (κ1) is 32.0. The maximum absolute atomic E-state index is 13.4. The van der Waals surface area contributed by atoms with Gasteiger partial charge < -0.3 is 19.5 Å². The van der Waals surface area contributed by atoms with Crippen molar-refractivity contribution in [2.45, 2.75) is 24.3 Å². The normalized spacial score (nSPS) is 16.9. The van der Waals surface area contributed by atoms with Crippen molar-refractivity contribution in [2.24, 2.45) is 0 Å². The van der Waals surface area contributed by atoms with Crippen molar-refractivity contribution in [3.05, 3.63) is 94.3 Å². The quantitative estimate of drug-likeness (QED) is 0.143. The van der Waals surface area contributed by atoms with Crippen LogP contribution in [-0.4, -0.2) is 84.7 Å². The number of nitro benzene ring substituents is 1. The van der Waals surface area contributed by atoms with E-state index in [1.165, 1.54) is 28.6 Å². The van der Waals surface area contributed by atoms with Gasteiger partial charge in [0.25, 0.3) is 5.69 Å². The number of esters is 1. The van der Waals surface area contributed by atoms with Crippen molar-refractivity contribution in [3.8, 4) is 22.9 Å². The first-order chi connectivity index (χ1) is 22.7. The van der Waals surface area contributed by atoms with Crippen molar-refractivity contribution in [3.63, 3.8) is 0 Å². The number of piperazine rings is 1. The number of para-hydroxylation sites is 1. The number of aromatic nitrogens is 2. The smallest absolute Gasteiger partial charge is 0.359 e. The van der Waals surface area contributed by atoms with Gasteiger partial charge in [-0.05, 0) is 55.8 Å². The Bertz CT molecular complexity index is 1890. The van der Waals surface area contributed by atoms with E-state index in [1.807, 2.05) is 18.2 Å². The van der Waals surface area contributed by atoms with Crippen LogP contribution in [0.25, 0.3) is 5.69 Å². The number of methoxy groups -OCH3 is 1. The van der Waals surface area contributed by atoms with Crippen LogP contribution in [0.3, 0.4) is 0 Å². The molecule has 2 aliphatic heterocycles. The molecule has 1 aromatic heterocycles. The fraction of sp³-hybridized carbons (Fsp3) is 0.312. The third-order valence-corrected chi connectivity index (χ3v) is 10.1. The average molecular weight is 663 g/mol. The molecule has 246 valence electrons. The van der Waals surface area contributed by atoms with E-state index in [9.17, 15) is 23.3 Å². The molecule has 1 N–H and O–H groups in total. The molecule has 0 unspecified atom stereocenters. The zero-order valence-electron chi connectivity index (χ0n) is 25.9. The highest BCUT2D eigenvalue weighted by atomic mass is 32.2. The van der Waals surface area contributed by atoms with Crippen LogP contribution in [0.2, 0.25) is 0 Å². The lowest BCUT2D eigenvalue weighted by molar-refractivity contribution is -0.387. The Morgan fingerprint density at radius 2 is 1.72 bits per heavy atom. The Balaban J connectivity index is 1.25. The molecule has 0 spiro atoms. The zero-order chi connectivity index (χ0) is 33.1. The van der Waals surface area contributed by atoms with Crippen LogP contribution >= 0.6 is 0 Å². The number of ether oxygens (including phenoxy) is 3. The fourth-order valence-corrected chi connectivity index (χ4v) is 7.50. The summed E-state index contributed by atoms with van der Waals surface area (Å²) in [6.45, 7) is 3.54. The lowest BCUT2D eigenvalue weighted by atomic mass is 10.0. The molecule has 3 aromatic carbocycles. The Morgan fingerprint density at radius 3 is 2.43 bits per heavy atom. The molecule has 0 radical (unpaired) electrons. The summed E-state index contributed by atoms with van der Waals surface area (Å²) in [5.74, 6) is 1.35. The number of hydrogen-bond donors (Lipinski definition) is 1. The summed E-state index contributed by atoms with van der Waals surface area (Å²) in [5, 5.41) is 19.8. The Morgan fingerprint density at radius 1 is 1.00 bits per heavy atom. The van der Waals surface area contributed by atoms with Gasteiger partial charge in [-0.25, -0.2) is 17.9 Å². The van der Waals surface area contributed by atoms with Crippen LogP contribution in [0.15, 0.2) is 77.7 Å². The molecular weight excluding hydrogens is 628 g/mol. The monoisotopic (exact) mass is 662 g/mol. The van der Waals surface area contributed by atoms with E-state index in [0.29, 0.717) is 60.4 Å². The van der Waals surface area contributed by atoms with Gasteiger partial charge in [0.15, 0.2) is 10.6 Å². The third kappa shape index (κ3) is 6.37. The number of rotatable bonds is 10. The number of benzene rings is 3. The van der Waals surface area contributed by atoms with Crippen LogP contribution < -0.4 is 14.8 Å². The van der Waals surface area contributed by atoms with E-state index in [1.54, 1.807) is 49.0 Å². The maximum atomic E-state index is 13.4. The second-order valence-corrected chi connectivity index (χ2v) is 12.8. The van der Waals surface area contributed by atoms with Gasteiger partial charge in [-0.1, -0.05) is 18.2 Å². The average Bonchev–Trinajstić information content (AvgIpc) is 3.49. The van der Waals surface area contributed by atoms with Crippen LogP contribution in [0.1, 0.15) is 35.6 Å². The SMILES string of the molecule is CCOC(=O)c1c2c(nn1-c1ccc(Oc3cccc(OC)c3)cc1)[C@H](N1CCN(S(=O)(=O)c3ccccc3[N+](=O)[O-])CC1)CCN2. The zero-order valence-corrected chi connectivity index (χ0v) is 26.7. The highest BCUT2D eigenvalue weighted by molar-refractivity contribution is 7.89. The summed E-state index contributed by atoms with van der Waals surface area (Å²) < 4.78 is 46.3. The van der Waals surface area contributed by atoms with Gasteiger partial charge in [0, 0.05) is 44.9 Å². The number of nitrogens with one attached hydrogen (secondary N) is 1. The topological polar surface area (TPSA) is 158 Å². The molecule has 0 saturated carbocycles. The minimum atomic E-state index is -4.08. The van der Waals surface area contributed by atoms with Crippen LogP contribution in [0.4, 0.5) is 11.4 Å². The second-order valence-electron chi connectivity index (χ2n) is 10.9. The lowest BCUT2D eigenvalue weighted by Gasteiger charge is -2.39. The highest BCUT2D eigenvalue weighted by Crippen LogP contribution is 2.39. The number of anilines is 1. The van der Waals surface area contributed by atoms with Crippen molar-refractivity contribution in [1.82, 2.24) is 19.0 Å². The first-order valence-electron chi connectivity index (χ1n) is 15.1. The summed E-state index contributed by atoms with van der Waals surface area (Å²) in [6.07, 6.45) is 0.677. The number of nitro groups is 1. The van der Waals surface area contributed by atoms with Crippen LogP contribution in [0, 0.1) is 10.1 Å². The molecule has 4 aromatic rings. The predicted octanol–water partition coefficient (Wildman–Crippen LogP) is 4.62. The summed E-state index contributed by atoms with van der Waals surface area (Å²) >= 11 is 0. The van der Waals surface area contributed by atoms with Gasteiger partial charge in [0.05, 0.1) is 36.1 Å². The Hall–Kier alpha value is -4.99. The van der Waals surface area contributed by atoms with Gasteiger partial charge in [-0.2, -0.15) is 9.40 Å². The molecule has 15 heteroatoms. The van der Waals surface area contributed by atoms with Gasteiger partial charge in [-0.3, -0.25) is 15.0 Å². The van der Waals surface area contributed by atoms with Crippen molar-refractivity contribution in [2.75, 3.05) is 51.8 Å². The molecule has 14 nitrogen and oxygen atoms in total. The number of nitrogens with zero attached hydrogens (tertiary/aromatic N) is 5.